The van der Waals surface area contributed by atoms with Crippen molar-refractivity contribution in [1.82, 2.24) is 24.3 Å². The molecule has 6 heteroatoms. The molecule has 4 rings (SSSR count). The van der Waals surface area contributed by atoms with Gasteiger partial charge in [-0.2, -0.15) is 5.10 Å². The summed E-state index contributed by atoms with van der Waals surface area (Å²) in [7, 11) is 1.85. The second-order valence-corrected chi connectivity index (χ2v) is 6.94. The molecule has 0 unspecified atom stereocenters. The quantitative estimate of drug-likeness (QED) is 0.519. The lowest BCUT2D eigenvalue weighted by atomic mass is 10.1. The lowest BCUT2D eigenvalue weighted by Crippen LogP contribution is -2.04. The molecule has 0 amide bonds. The Morgan fingerprint density at radius 3 is 2.44 bits per heavy atom. The zero-order valence-corrected chi connectivity index (χ0v) is 16.3. The zero-order valence-electron chi connectivity index (χ0n) is 15.5. The topological polar surface area (TPSA) is 48.5 Å². The predicted molar refractivity (Wildman–Crippen MR) is 108 cm³/mol. The van der Waals surface area contributed by atoms with E-state index < -0.39 is 0 Å². The lowest BCUT2D eigenvalue weighted by Gasteiger charge is -2.11. The van der Waals surface area contributed by atoms with Gasteiger partial charge in [-0.15, -0.1) is 0 Å². The molecule has 3 heterocycles. The summed E-state index contributed by atoms with van der Waals surface area (Å²) in [6, 6.07) is 16.2. The molecule has 0 aliphatic heterocycles. The largest absolute Gasteiger partial charge is 0.324 e. The number of aryl methyl sites for hydroxylation is 3. The first-order chi connectivity index (χ1) is 13.0. The molecule has 0 radical (unpaired) electrons. The average Bonchev–Trinajstić information content (AvgIpc) is 3.16. The van der Waals surface area contributed by atoms with E-state index in [0.717, 1.165) is 39.6 Å². The van der Waals surface area contributed by atoms with Crippen LogP contribution < -0.4 is 0 Å². The molecular formula is C21H20ClN5. The standard InChI is InChI=1S/C21H20ClN5/c1-14-8-7-11-17(24-14)12-27-13-23-19(16-9-5-4-6-10-16)20(27)18-15(2)25-26(3)21(18)22/h4-11,13H,12H2,1-3H3. The van der Waals surface area contributed by atoms with Crippen molar-refractivity contribution in [2.24, 2.45) is 7.05 Å². The summed E-state index contributed by atoms with van der Waals surface area (Å²) in [4.78, 5) is 9.35. The molecule has 0 fully saturated rings. The van der Waals surface area contributed by atoms with Gasteiger partial charge in [-0.05, 0) is 26.0 Å². The third kappa shape index (κ3) is 3.26. The molecule has 0 saturated carbocycles. The molecule has 0 bridgehead atoms. The van der Waals surface area contributed by atoms with Gasteiger partial charge in [0.1, 0.15) is 5.15 Å². The highest BCUT2D eigenvalue weighted by atomic mass is 35.5. The molecule has 136 valence electrons. The van der Waals surface area contributed by atoms with E-state index in [2.05, 4.69) is 26.8 Å². The van der Waals surface area contributed by atoms with Gasteiger partial charge in [0.15, 0.2) is 0 Å². The lowest BCUT2D eigenvalue weighted by molar-refractivity contribution is 0.757. The number of imidazole rings is 1. The second-order valence-electron chi connectivity index (χ2n) is 6.58. The summed E-state index contributed by atoms with van der Waals surface area (Å²) in [5, 5.41) is 5.09. The zero-order chi connectivity index (χ0) is 19.0. The van der Waals surface area contributed by atoms with Crippen LogP contribution in [0.5, 0.6) is 0 Å². The SMILES string of the molecule is Cc1cccc(Cn2cnc(-c3ccccc3)c2-c2c(C)nn(C)c2Cl)n1. The predicted octanol–water partition coefficient (Wildman–Crippen LogP) is 4.66. The maximum absolute atomic E-state index is 6.61. The molecule has 27 heavy (non-hydrogen) atoms. The number of pyridine rings is 1. The third-order valence-electron chi connectivity index (χ3n) is 4.55. The molecular weight excluding hydrogens is 358 g/mol. The van der Waals surface area contributed by atoms with E-state index in [9.17, 15) is 0 Å². The summed E-state index contributed by atoms with van der Waals surface area (Å²) in [6.07, 6.45) is 1.85. The fourth-order valence-corrected chi connectivity index (χ4v) is 3.60. The maximum Gasteiger partial charge on any atom is 0.136 e. The van der Waals surface area contributed by atoms with E-state index in [0.29, 0.717) is 11.7 Å². The highest BCUT2D eigenvalue weighted by molar-refractivity contribution is 6.32. The molecule has 0 saturated heterocycles. The Hall–Kier alpha value is -2.92. The Bertz CT molecular complexity index is 1100. The summed E-state index contributed by atoms with van der Waals surface area (Å²) >= 11 is 6.61. The van der Waals surface area contributed by atoms with E-state index in [1.54, 1.807) is 4.68 Å². The number of halogens is 1. The minimum atomic E-state index is 0.601. The molecule has 3 aromatic heterocycles. The van der Waals surface area contributed by atoms with Gasteiger partial charge in [0.25, 0.3) is 0 Å². The van der Waals surface area contributed by atoms with Crippen molar-refractivity contribution in [3.63, 3.8) is 0 Å². The fourth-order valence-electron chi connectivity index (χ4n) is 3.33. The average molecular weight is 378 g/mol. The van der Waals surface area contributed by atoms with Crippen LogP contribution in [-0.4, -0.2) is 24.3 Å². The van der Waals surface area contributed by atoms with Crippen LogP contribution in [0.3, 0.4) is 0 Å². The first-order valence-electron chi connectivity index (χ1n) is 8.77. The smallest absolute Gasteiger partial charge is 0.136 e. The summed E-state index contributed by atoms with van der Waals surface area (Å²) in [5.74, 6) is 0. The van der Waals surface area contributed by atoms with Crippen LogP contribution in [0.25, 0.3) is 22.5 Å². The number of hydrogen-bond donors (Lipinski definition) is 0. The highest BCUT2D eigenvalue weighted by Gasteiger charge is 2.22. The first kappa shape index (κ1) is 17.5. The molecule has 1 aromatic carbocycles. The van der Waals surface area contributed by atoms with E-state index in [4.69, 9.17) is 16.6 Å². The molecule has 0 aliphatic carbocycles. The summed E-state index contributed by atoms with van der Waals surface area (Å²) in [6.45, 7) is 4.58. The summed E-state index contributed by atoms with van der Waals surface area (Å²) in [5.41, 5.74) is 6.64. The van der Waals surface area contributed by atoms with Crippen molar-refractivity contribution in [2.75, 3.05) is 0 Å². The van der Waals surface area contributed by atoms with Crippen LogP contribution in [0.15, 0.2) is 54.9 Å². The van der Waals surface area contributed by atoms with Gasteiger partial charge in [0, 0.05) is 18.3 Å². The van der Waals surface area contributed by atoms with E-state index in [1.807, 2.05) is 63.6 Å². The Labute approximate surface area is 163 Å². The number of hydrogen-bond acceptors (Lipinski definition) is 3. The molecule has 0 atom stereocenters. The van der Waals surface area contributed by atoms with Gasteiger partial charge in [-0.1, -0.05) is 48.0 Å². The monoisotopic (exact) mass is 377 g/mol. The van der Waals surface area contributed by atoms with Crippen molar-refractivity contribution in [2.45, 2.75) is 20.4 Å². The van der Waals surface area contributed by atoms with Crippen LogP contribution in [0.4, 0.5) is 0 Å². The second kappa shape index (κ2) is 7.00. The number of rotatable bonds is 4. The van der Waals surface area contributed by atoms with E-state index >= 15 is 0 Å². The fraction of sp³-hybridized carbons (Fsp3) is 0.190. The van der Waals surface area contributed by atoms with Gasteiger partial charge in [-0.3, -0.25) is 9.67 Å². The van der Waals surface area contributed by atoms with Crippen molar-refractivity contribution in [3.8, 4) is 22.5 Å². The third-order valence-corrected chi connectivity index (χ3v) is 4.99. The van der Waals surface area contributed by atoms with Gasteiger partial charge in [-0.25, -0.2) is 4.98 Å². The van der Waals surface area contributed by atoms with Crippen molar-refractivity contribution in [1.29, 1.82) is 0 Å². The number of nitrogens with zero attached hydrogens (tertiary/aromatic N) is 5. The van der Waals surface area contributed by atoms with Crippen molar-refractivity contribution >= 4 is 11.6 Å². The van der Waals surface area contributed by atoms with E-state index in [1.165, 1.54) is 0 Å². The molecule has 0 spiro atoms. The van der Waals surface area contributed by atoms with Crippen molar-refractivity contribution in [3.05, 3.63) is 77.1 Å². The van der Waals surface area contributed by atoms with Gasteiger partial charge in [0.2, 0.25) is 0 Å². The Kier molecular flexibility index (Phi) is 4.54. The van der Waals surface area contributed by atoms with Crippen LogP contribution in [0, 0.1) is 13.8 Å². The molecule has 0 aliphatic rings. The van der Waals surface area contributed by atoms with Crippen molar-refractivity contribution < 1.29 is 0 Å². The minimum absolute atomic E-state index is 0.601. The van der Waals surface area contributed by atoms with Crippen LogP contribution >= 0.6 is 11.6 Å². The Balaban J connectivity index is 1.91. The van der Waals surface area contributed by atoms with Gasteiger partial charge < -0.3 is 4.57 Å². The number of aromatic nitrogens is 5. The van der Waals surface area contributed by atoms with Crippen LogP contribution in [0.2, 0.25) is 5.15 Å². The Morgan fingerprint density at radius 1 is 1.00 bits per heavy atom. The normalized spacial score (nSPS) is 11.1. The van der Waals surface area contributed by atoms with Crippen LogP contribution in [-0.2, 0) is 13.6 Å². The number of benzene rings is 1. The summed E-state index contributed by atoms with van der Waals surface area (Å²) < 4.78 is 3.79. The molecule has 4 aromatic rings. The Morgan fingerprint density at radius 2 is 1.78 bits per heavy atom. The molecule has 5 nitrogen and oxygen atoms in total. The minimum Gasteiger partial charge on any atom is -0.324 e. The highest BCUT2D eigenvalue weighted by Crippen LogP contribution is 2.37. The van der Waals surface area contributed by atoms with Crippen LogP contribution in [0.1, 0.15) is 17.1 Å². The maximum atomic E-state index is 6.61. The van der Waals surface area contributed by atoms with E-state index in [-0.39, 0.29) is 0 Å². The first-order valence-corrected chi connectivity index (χ1v) is 9.15. The van der Waals surface area contributed by atoms with Gasteiger partial charge >= 0.3 is 0 Å². The van der Waals surface area contributed by atoms with Gasteiger partial charge in [0.05, 0.1) is 41.2 Å². The molecule has 0 N–H and O–H groups in total.